The molecule has 0 aliphatic heterocycles. The Bertz CT molecular complexity index is 990. The smallest absolute Gasteiger partial charge is 0.243 e. The molecule has 31 heavy (non-hydrogen) atoms. The quantitative estimate of drug-likeness (QED) is 0.286. The maximum absolute atomic E-state index is 4.75. The van der Waals surface area contributed by atoms with E-state index in [0.717, 1.165) is 13.0 Å². The molecule has 0 aliphatic carbocycles. The molecule has 3 aromatic rings. The van der Waals surface area contributed by atoms with Crippen LogP contribution in [0.2, 0.25) is 0 Å². The van der Waals surface area contributed by atoms with E-state index < -0.39 is 0 Å². The van der Waals surface area contributed by atoms with E-state index in [2.05, 4.69) is 103 Å². The first-order valence-electron chi connectivity index (χ1n) is 11.6. The zero-order chi connectivity index (χ0) is 22.5. The summed E-state index contributed by atoms with van der Waals surface area (Å²) in [5.41, 5.74) is 13.5. The number of aliphatic imine (C=N–C) groups is 1. The molecule has 3 rings (SSSR count). The van der Waals surface area contributed by atoms with Crippen LogP contribution in [0.5, 0.6) is 0 Å². The minimum atomic E-state index is 0.190. The molecule has 160 valence electrons. The molecule has 1 nitrogen and oxygen atoms in total. The number of rotatable bonds is 7. The molecule has 0 atom stereocenters. The highest BCUT2D eigenvalue weighted by Crippen LogP contribution is 2.13. The van der Waals surface area contributed by atoms with Gasteiger partial charge in [-0.25, -0.2) is 0 Å². The Labute approximate surface area is 189 Å². The van der Waals surface area contributed by atoms with Crippen LogP contribution in [0, 0.1) is 41.5 Å². The molecule has 0 aromatic heterocycles. The molecule has 0 aliphatic rings. The van der Waals surface area contributed by atoms with E-state index in [1.165, 1.54) is 61.8 Å². The highest BCUT2D eigenvalue weighted by atomic mass is 14.7. The summed E-state index contributed by atoms with van der Waals surface area (Å²) in [7, 11) is 0. The molecule has 0 fully saturated rings. The van der Waals surface area contributed by atoms with Crippen LogP contribution in [0.25, 0.3) is 0 Å². The van der Waals surface area contributed by atoms with Crippen LogP contribution in [0.15, 0.2) is 53.5 Å². The van der Waals surface area contributed by atoms with Crippen molar-refractivity contribution in [2.45, 2.75) is 61.3 Å². The van der Waals surface area contributed by atoms with E-state index in [1.54, 1.807) is 0 Å². The first kappa shape index (κ1) is 23.1. The van der Waals surface area contributed by atoms with Gasteiger partial charge in [-0.15, -0.1) is 0 Å². The number of nitrogens with zero attached hydrogens (tertiary/aromatic N) is 1. The van der Waals surface area contributed by atoms with E-state index in [1.807, 2.05) is 0 Å². The van der Waals surface area contributed by atoms with E-state index in [4.69, 9.17) is 4.99 Å². The summed E-state index contributed by atoms with van der Waals surface area (Å²) in [5, 5.41) is 0. The average Bonchev–Trinajstić information content (AvgIpc) is 2.69. The highest BCUT2D eigenvalue weighted by Gasteiger charge is 2.29. The Morgan fingerprint density at radius 1 is 0.742 bits per heavy atom. The molecule has 0 N–H and O–H groups in total. The van der Waals surface area contributed by atoms with Crippen LogP contribution in [0.1, 0.15) is 58.7 Å². The second kappa shape index (κ2) is 10.1. The third-order valence-electron chi connectivity index (χ3n) is 6.23. The number of hydrogen-bond donors (Lipinski definition) is 0. The predicted octanol–water partition coefficient (Wildman–Crippen LogP) is 5.27. The third-order valence-corrected chi connectivity index (χ3v) is 6.23. The molecule has 0 radical (unpaired) electrons. The molecule has 0 unspecified atom stereocenters. The van der Waals surface area contributed by atoms with Gasteiger partial charge in [0.1, 0.15) is 0 Å². The Morgan fingerprint density at radius 2 is 1.23 bits per heavy atom. The zero-order valence-corrected chi connectivity index (χ0v) is 20.3. The van der Waals surface area contributed by atoms with Crippen molar-refractivity contribution in [1.82, 2.24) is 0 Å². The largest absolute Gasteiger partial charge is 0.293 e. The molecule has 0 saturated carbocycles. The summed E-state index contributed by atoms with van der Waals surface area (Å²) in [6, 6.07) is 18.1. The lowest BCUT2D eigenvalue weighted by Gasteiger charge is -2.25. The van der Waals surface area contributed by atoms with Crippen molar-refractivity contribution >= 4 is 29.3 Å². The summed E-state index contributed by atoms with van der Waals surface area (Å²) >= 11 is 0. The fourth-order valence-corrected chi connectivity index (χ4v) is 5.05. The van der Waals surface area contributed by atoms with Crippen LogP contribution in [0.4, 0.5) is 0 Å². The fourth-order valence-electron chi connectivity index (χ4n) is 5.05. The average molecular weight is 409 g/mol. The lowest BCUT2D eigenvalue weighted by molar-refractivity contribution is 0.810. The summed E-state index contributed by atoms with van der Waals surface area (Å²) in [6.45, 7) is 16.7. The van der Waals surface area contributed by atoms with Gasteiger partial charge in [0.25, 0.3) is 0 Å². The third kappa shape index (κ3) is 5.18. The summed E-state index contributed by atoms with van der Waals surface area (Å²) in [6.07, 6.45) is 4.40. The van der Waals surface area contributed by atoms with E-state index >= 15 is 0 Å². The van der Waals surface area contributed by atoms with Gasteiger partial charge in [-0.05, 0) is 53.5 Å². The van der Waals surface area contributed by atoms with Gasteiger partial charge in [-0.1, -0.05) is 112 Å². The SMILES string of the molecule is CCCCN=Cc1ccccc1B(c1c(C)cc(C)cc1C)c1c(C)cc(C)cc1C. The van der Waals surface area contributed by atoms with Crippen molar-refractivity contribution in [3.63, 3.8) is 0 Å². The Kier molecular flexibility index (Phi) is 7.54. The minimum absolute atomic E-state index is 0.190. The standard InChI is InChI=1S/C29H36BN/c1-8-9-14-31-19-26-12-10-11-13-27(26)30(28-22(4)15-20(2)16-23(28)5)29-24(6)17-21(3)18-25(29)7/h10-13,15-19H,8-9,14H2,1-7H3. The van der Waals surface area contributed by atoms with Gasteiger partial charge >= 0.3 is 0 Å². The van der Waals surface area contributed by atoms with Crippen molar-refractivity contribution in [3.05, 3.63) is 87.5 Å². The molecular formula is C29H36BN. The second-order valence-corrected chi connectivity index (χ2v) is 9.08. The first-order chi connectivity index (χ1) is 14.8. The summed E-state index contributed by atoms with van der Waals surface area (Å²) < 4.78 is 0. The van der Waals surface area contributed by atoms with Crippen molar-refractivity contribution in [2.24, 2.45) is 4.99 Å². The topological polar surface area (TPSA) is 12.4 Å². The Balaban J connectivity index is 2.29. The lowest BCUT2D eigenvalue weighted by atomic mass is 9.33. The summed E-state index contributed by atoms with van der Waals surface area (Å²) in [5.74, 6) is 0. The van der Waals surface area contributed by atoms with Gasteiger partial charge in [-0.2, -0.15) is 0 Å². The van der Waals surface area contributed by atoms with Gasteiger partial charge in [0.05, 0.1) is 0 Å². The van der Waals surface area contributed by atoms with Gasteiger partial charge in [0, 0.05) is 12.8 Å². The van der Waals surface area contributed by atoms with E-state index in [-0.39, 0.29) is 6.71 Å². The number of aryl methyl sites for hydroxylation is 6. The van der Waals surface area contributed by atoms with E-state index in [0.29, 0.717) is 0 Å². The van der Waals surface area contributed by atoms with Crippen molar-refractivity contribution < 1.29 is 0 Å². The Morgan fingerprint density at radius 3 is 1.71 bits per heavy atom. The van der Waals surface area contributed by atoms with Gasteiger partial charge in [0.15, 0.2) is 0 Å². The molecule has 0 heterocycles. The van der Waals surface area contributed by atoms with Gasteiger partial charge in [-0.3, -0.25) is 4.99 Å². The number of unbranched alkanes of at least 4 members (excludes halogenated alkanes) is 1. The number of hydrogen-bond acceptors (Lipinski definition) is 1. The van der Waals surface area contributed by atoms with Gasteiger partial charge in [0.2, 0.25) is 6.71 Å². The first-order valence-corrected chi connectivity index (χ1v) is 11.6. The highest BCUT2D eigenvalue weighted by molar-refractivity contribution is 6.97. The molecule has 3 aromatic carbocycles. The normalized spacial score (nSPS) is 11.3. The summed E-state index contributed by atoms with van der Waals surface area (Å²) in [4.78, 5) is 4.75. The minimum Gasteiger partial charge on any atom is -0.293 e. The van der Waals surface area contributed by atoms with Crippen molar-refractivity contribution in [2.75, 3.05) is 6.54 Å². The van der Waals surface area contributed by atoms with Crippen LogP contribution in [0.3, 0.4) is 0 Å². The van der Waals surface area contributed by atoms with Crippen LogP contribution in [-0.2, 0) is 0 Å². The van der Waals surface area contributed by atoms with Crippen LogP contribution < -0.4 is 16.4 Å². The molecule has 0 spiro atoms. The molecule has 0 saturated heterocycles. The van der Waals surface area contributed by atoms with Crippen molar-refractivity contribution in [1.29, 1.82) is 0 Å². The molecule has 0 bridgehead atoms. The Hall–Kier alpha value is -2.61. The number of benzene rings is 3. The molecule has 0 amide bonds. The second-order valence-electron chi connectivity index (χ2n) is 9.08. The maximum atomic E-state index is 4.75. The van der Waals surface area contributed by atoms with Crippen LogP contribution in [-0.4, -0.2) is 19.5 Å². The van der Waals surface area contributed by atoms with Crippen molar-refractivity contribution in [3.8, 4) is 0 Å². The fraction of sp³-hybridized carbons (Fsp3) is 0.345. The maximum Gasteiger partial charge on any atom is 0.243 e. The molecular weight excluding hydrogens is 373 g/mol. The zero-order valence-electron chi connectivity index (χ0n) is 20.3. The monoisotopic (exact) mass is 409 g/mol. The predicted molar refractivity (Wildman–Crippen MR) is 140 cm³/mol. The van der Waals surface area contributed by atoms with Gasteiger partial charge < -0.3 is 0 Å². The van der Waals surface area contributed by atoms with E-state index in [9.17, 15) is 0 Å². The molecule has 2 heteroatoms. The lowest BCUT2D eigenvalue weighted by Crippen LogP contribution is -2.56. The van der Waals surface area contributed by atoms with Crippen LogP contribution >= 0.6 is 0 Å².